The van der Waals surface area contributed by atoms with Gasteiger partial charge in [0.1, 0.15) is 29.9 Å². The lowest BCUT2D eigenvalue weighted by molar-refractivity contribution is -0.139. The molecule has 0 aromatic heterocycles. The van der Waals surface area contributed by atoms with Crippen molar-refractivity contribution in [3.63, 3.8) is 0 Å². The SMILES string of the molecule is CC(C)NC(=O)[C@@H](C)N(Cc1ccccc1F)C(=O)CN(c1ccc(Oc2ccccc2)cc1)S(=O)(=O)c1ccccc1. The molecule has 8 nitrogen and oxygen atoms in total. The van der Waals surface area contributed by atoms with Gasteiger partial charge < -0.3 is 15.0 Å². The first kappa shape index (κ1) is 31.2. The molecule has 0 saturated heterocycles. The summed E-state index contributed by atoms with van der Waals surface area (Å²) >= 11 is 0. The Morgan fingerprint density at radius 2 is 1.35 bits per heavy atom. The first-order chi connectivity index (χ1) is 20.6. The number of amides is 2. The minimum atomic E-state index is -4.23. The van der Waals surface area contributed by atoms with Crippen LogP contribution < -0.4 is 14.4 Å². The fraction of sp³-hybridized carbons (Fsp3) is 0.212. The smallest absolute Gasteiger partial charge is 0.264 e. The minimum Gasteiger partial charge on any atom is -0.457 e. The highest BCUT2D eigenvalue weighted by atomic mass is 32.2. The van der Waals surface area contributed by atoms with Gasteiger partial charge >= 0.3 is 0 Å². The molecule has 2 amide bonds. The Hall–Kier alpha value is -4.70. The molecule has 4 rings (SSSR count). The van der Waals surface area contributed by atoms with E-state index in [2.05, 4.69) is 5.32 Å². The summed E-state index contributed by atoms with van der Waals surface area (Å²) in [5, 5.41) is 2.77. The van der Waals surface area contributed by atoms with Crippen LogP contribution in [0.4, 0.5) is 10.1 Å². The van der Waals surface area contributed by atoms with E-state index in [4.69, 9.17) is 4.74 Å². The first-order valence-electron chi connectivity index (χ1n) is 13.8. The van der Waals surface area contributed by atoms with Gasteiger partial charge in [0.15, 0.2) is 0 Å². The van der Waals surface area contributed by atoms with Gasteiger partial charge in [-0.1, -0.05) is 54.6 Å². The molecule has 0 saturated carbocycles. The standard InChI is InChI=1S/C33H34FN3O5S/c1-24(2)35-33(39)25(3)36(22-26-12-10-11-17-31(26)34)32(38)23-37(43(40,41)30-15-8-5-9-16-30)27-18-20-29(21-19-27)42-28-13-6-4-7-14-28/h4-21,24-25H,22-23H2,1-3H3,(H,35,39)/t25-/m1/s1. The molecule has 0 aliphatic heterocycles. The lowest BCUT2D eigenvalue weighted by Crippen LogP contribution is -2.52. The average molecular weight is 604 g/mol. The summed E-state index contributed by atoms with van der Waals surface area (Å²) in [6, 6.07) is 27.9. The maximum Gasteiger partial charge on any atom is 0.264 e. The molecule has 0 bridgehead atoms. The molecular weight excluding hydrogens is 569 g/mol. The second-order valence-electron chi connectivity index (χ2n) is 10.2. The number of sulfonamides is 1. The van der Waals surface area contributed by atoms with Gasteiger partial charge in [0.25, 0.3) is 10.0 Å². The molecule has 224 valence electrons. The molecule has 4 aromatic rings. The fourth-order valence-electron chi connectivity index (χ4n) is 4.35. The van der Waals surface area contributed by atoms with Crippen LogP contribution in [0.15, 0.2) is 114 Å². The van der Waals surface area contributed by atoms with E-state index in [1.807, 2.05) is 18.2 Å². The lowest BCUT2D eigenvalue weighted by Gasteiger charge is -2.32. The summed E-state index contributed by atoms with van der Waals surface area (Å²) in [6.07, 6.45) is 0. The quantitative estimate of drug-likeness (QED) is 0.222. The number of anilines is 1. The highest BCUT2D eigenvalue weighted by Gasteiger charge is 2.33. The molecule has 1 N–H and O–H groups in total. The molecule has 0 spiro atoms. The monoisotopic (exact) mass is 603 g/mol. The van der Waals surface area contributed by atoms with Crippen molar-refractivity contribution in [2.24, 2.45) is 0 Å². The van der Waals surface area contributed by atoms with Gasteiger partial charge in [-0.3, -0.25) is 13.9 Å². The Morgan fingerprint density at radius 1 is 0.791 bits per heavy atom. The van der Waals surface area contributed by atoms with Crippen LogP contribution in [0.2, 0.25) is 0 Å². The fourth-order valence-corrected chi connectivity index (χ4v) is 5.79. The maximum atomic E-state index is 14.7. The average Bonchev–Trinajstić information content (AvgIpc) is 3.00. The Balaban J connectivity index is 1.70. The number of hydrogen-bond acceptors (Lipinski definition) is 5. The van der Waals surface area contributed by atoms with Crippen molar-refractivity contribution >= 4 is 27.5 Å². The Morgan fingerprint density at radius 3 is 1.95 bits per heavy atom. The van der Waals surface area contributed by atoms with Crippen molar-refractivity contribution in [1.29, 1.82) is 0 Å². The zero-order valence-electron chi connectivity index (χ0n) is 24.2. The number of nitrogens with zero attached hydrogens (tertiary/aromatic N) is 2. The van der Waals surface area contributed by atoms with Crippen LogP contribution in [0.25, 0.3) is 0 Å². The van der Waals surface area contributed by atoms with Crippen LogP contribution >= 0.6 is 0 Å². The van der Waals surface area contributed by atoms with E-state index in [0.29, 0.717) is 11.5 Å². The van der Waals surface area contributed by atoms with Crippen molar-refractivity contribution in [2.75, 3.05) is 10.8 Å². The van der Waals surface area contributed by atoms with E-state index in [9.17, 15) is 22.4 Å². The van der Waals surface area contributed by atoms with Crippen LogP contribution in [0.3, 0.4) is 0 Å². The summed E-state index contributed by atoms with van der Waals surface area (Å²) in [4.78, 5) is 28.1. The van der Waals surface area contributed by atoms with E-state index in [1.54, 1.807) is 74.5 Å². The van der Waals surface area contributed by atoms with Gasteiger partial charge in [-0.25, -0.2) is 12.8 Å². The minimum absolute atomic E-state index is 0.0151. The summed E-state index contributed by atoms with van der Waals surface area (Å²) < 4.78 is 49.3. The number of rotatable bonds is 12. The second-order valence-corrected chi connectivity index (χ2v) is 12.0. The third kappa shape index (κ3) is 7.98. The zero-order valence-corrected chi connectivity index (χ0v) is 25.0. The Bertz CT molecular complexity index is 1630. The van der Waals surface area contributed by atoms with Crippen LogP contribution in [0.5, 0.6) is 11.5 Å². The summed E-state index contributed by atoms with van der Waals surface area (Å²) in [6.45, 7) is 4.23. The zero-order chi connectivity index (χ0) is 31.0. The number of ether oxygens (including phenoxy) is 1. The van der Waals surface area contributed by atoms with Gasteiger partial charge in [-0.15, -0.1) is 0 Å². The van der Waals surface area contributed by atoms with Crippen molar-refractivity contribution in [3.8, 4) is 11.5 Å². The van der Waals surface area contributed by atoms with E-state index in [-0.39, 0.29) is 28.7 Å². The number of carbonyl (C=O) groups is 2. The van der Waals surface area contributed by atoms with Crippen LogP contribution in [0, 0.1) is 5.82 Å². The van der Waals surface area contributed by atoms with E-state index < -0.39 is 40.2 Å². The summed E-state index contributed by atoms with van der Waals surface area (Å²) in [5.74, 6) is -0.590. The van der Waals surface area contributed by atoms with E-state index in [1.165, 1.54) is 42.2 Å². The number of para-hydroxylation sites is 1. The molecule has 0 radical (unpaired) electrons. The van der Waals surface area contributed by atoms with Gasteiger partial charge in [-0.05, 0) is 75.4 Å². The maximum absolute atomic E-state index is 14.7. The van der Waals surface area contributed by atoms with E-state index in [0.717, 1.165) is 4.31 Å². The Labute approximate surface area is 251 Å². The molecular formula is C33H34FN3O5S. The third-order valence-electron chi connectivity index (χ3n) is 6.61. The van der Waals surface area contributed by atoms with Crippen molar-refractivity contribution in [2.45, 2.75) is 44.3 Å². The van der Waals surface area contributed by atoms with Gasteiger partial charge in [0.2, 0.25) is 11.8 Å². The van der Waals surface area contributed by atoms with Crippen LogP contribution in [-0.2, 0) is 26.2 Å². The third-order valence-corrected chi connectivity index (χ3v) is 8.40. The van der Waals surface area contributed by atoms with Crippen LogP contribution in [-0.4, -0.2) is 43.8 Å². The highest BCUT2D eigenvalue weighted by molar-refractivity contribution is 7.92. The molecule has 4 aromatic carbocycles. The number of carbonyl (C=O) groups excluding carboxylic acids is 2. The first-order valence-corrected chi connectivity index (χ1v) is 15.2. The number of benzene rings is 4. The van der Waals surface area contributed by atoms with Crippen LogP contribution in [0.1, 0.15) is 26.3 Å². The molecule has 0 aliphatic carbocycles. The second kappa shape index (κ2) is 14.0. The number of hydrogen-bond donors (Lipinski definition) is 1. The lowest BCUT2D eigenvalue weighted by atomic mass is 10.1. The molecule has 0 fully saturated rings. The molecule has 0 unspecified atom stereocenters. The van der Waals surface area contributed by atoms with Crippen molar-refractivity contribution < 1.29 is 27.1 Å². The number of halogens is 1. The van der Waals surface area contributed by atoms with Crippen molar-refractivity contribution in [3.05, 3.63) is 121 Å². The largest absolute Gasteiger partial charge is 0.457 e. The molecule has 0 aliphatic rings. The molecule has 1 atom stereocenters. The molecule has 0 heterocycles. The molecule has 10 heteroatoms. The summed E-state index contributed by atoms with van der Waals surface area (Å²) in [7, 11) is -4.23. The van der Waals surface area contributed by atoms with Gasteiger partial charge in [0.05, 0.1) is 10.6 Å². The predicted octanol–water partition coefficient (Wildman–Crippen LogP) is 5.76. The highest BCUT2D eigenvalue weighted by Crippen LogP contribution is 2.28. The number of nitrogens with one attached hydrogen (secondary N) is 1. The normalized spacial score (nSPS) is 11.9. The Kier molecular flexibility index (Phi) is 10.2. The van der Waals surface area contributed by atoms with E-state index >= 15 is 0 Å². The van der Waals surface area contributed by atoms with Crippen molar-refractivity contribution in [1.82, 2.24) is 10.2 Å². The predicted molar refractivity (Wildman–Crippen MR) is 164 cm³/mol. The molecule has 43 heavy (non-hydrogen) atoms. The summed E-state index contributed by atoms with van der Waals surface area (Å²) in [5.41, 5.74) is 0.405. The van der Waals surface area contributed by atoms with Gasteiger partial charge in [-0.2, -0.15) is 0 Å². The van der Waals surface area contributed by atoms with Gasteiger partial charge in [0, 0.05) is 18.2 Å². The topological polar surface area (TPSA) is 96.0 Å².